The van der Waals surface area contributed by atoms with Crippen molar-refractivity contribution in [2.24, 2.45) is 0 Å². The van der Waals surface area contributed by atoms with E-state index >= 15 is 0 Å². The standard InChI is InChI=1S/C16H24N2O/c1-13(14-7-4-3-5-8-14)10-12-18-11-6-9-15(17-2)16(18)19/h3-5,7-8,13,15,17H,6,9-12H2,1-2H3. The van der Waals surface area contributed by atoms with Gasteiger partial charge in [0.2, 0.25) is 5.91 Å². The molecule has 0 saturated carbocycles. The van der Waals surface area contributed by atoms with Crippen LogP contribution < -0.4 is 5.32 Å². The summed E-state index contributed by atoms with van der Waals surface area (Å²) in [6.07, 6.45) is 3.11. The van der Waals surface area contributed by atoms with Gasteiger partial charge in [0.25, 0.3) is 0 Å². The zero-order valence-electron chi connectivity index (χ0n) is 11.9. The molecular weight excluding hydrogens is 236 g/mol. The highest BCUT2D eigenvalue weighted by atomic mass is 16.2. The van der Waals surface area contributed by atoms with Gasteiger partial charge in [0.05, 0.1) is 6.04 Å². The molecule has 3 heteroatoms. The summed E-state index contributed by atoms with van der Waals surface area (Å²) in [5.74, 6) is 0.776. The van der Waals surface area contributed by atoms with Crippen LogP contribution in [0.15, 0.2) is 30.3 Å². The Kier molecular flexibility index (Phi) is 4.97. The monoisotopic (exact) mass is 260 g/mol. The molecule has 1 amide bonds. The number of likely N-dealkylation sites (tertiary alicyclic amines) is 1. The molecule has 3 nitrogen and oxygen atoms in total. The third-order valence-corrected chi connectivity index (χ3v) is 4.08. The first-order valence-corrected chi connectivity index (χ1v) is 7.23. The highest BCUT2D eigenvalue weighted by molar-refractivity contribution is 5.82. The summed E-state index contributed by atoms with van der Waals surface area (Å²) in [4.78, 5) is 14.2. The van der Waals surface area contributed by atoms with E-state index in [1.165, 1.54) is 5.56 Å². The van der Waals surface area contributed by atoms with Crippen molar-refractivity contribution < 1.29 is 4.79 Å². The first kappa shape index (κ1) is 14.1. The van der Waals surface area contributed by atoms with Crippen molar-refractivity contribution in [3.63, 3.8) is 0 Å². The van der Waals surface area contributed by atoms with E-state index in [2.05, 4.69) is 36.5 Å². The number of nitrogens with one attached hydrogen (secondary N) is 1. The predicted molar refractivity (Wildman–Crippen MR) is 78.1 cm³/mol. The molecule has 0 radical (unpaired) electrons. The number of likely N-dealkylation sites (N-methyl/N-ethyl adjacent to an activating group) is 1. The van der Waals surface area contributed by atoms with Crippen LogP contribution in [0, 0.1) is 0 Å². The number of nitrogens with zero attached hydrogens (tertiary/aromatic N) is 1. The molecule has 1 aliphatic rings. The van der Waals surface area contributed by atoms with Crippen LogP contribution in [0.4, 0.5) is 0 Å². The number of rotatable bonds is 5. The number of amides is 1. The lowest BCUT2D eigenvalue weighted by atomic mass is 9.97. The smallest absolute Gasteiger partial charge is 0.239 e. The first-order chi connectivity index (χ1) is 9.22. The van der Waals surface area contributed by atoms with Crippen LogP contribution in [0.2, 0.25) is 0 Å². The zero-order chi connectivity index (χ0) is 13.7. The number of carbonyl (C=O) groups excluding carboxylic acids is 1. The molecule has 1 saturated heterocycles. The number of hydrogen-bond acceptors (Lipinski definition) is 2. The van der Waals surface area contributed by atoms with Gasteiger partial charge in [-0.2, -0.15) is 0 Å². The predicted octanol–water partition coefficient (Wildman–Crippen LogP) is 2.39. The second kappa shape index (κ2) is 6.71. The Balaban J connectivity index is 1.86. The maximum absolute atomic E-state index is 12.2. The van der Waals surface area contributed by atoms with Crippen LogP contribution in [0.5, 0.6) is 0 Å². The van der Waals surface area contributed by atoms with Crippen molar-refractivity contribution in [3.8, 4) is 0 Å². The average Bonchev–Trinajstić information content (AvgIpc) is 2.47. The lowest BCUT2D eigenvalue weighted by Crippen LogP contribution is -2.49. The van der Waals surface area contributed by atoms with Crippen LogP contribution in [-0.2, 0) is 4.79 Å². The van der Waals surface area contributed by atoms with Crippen LogP contribution in [0.25, 0.3) is 0 Å². The van der Waals surface area contributed by atoms with E-state index in [0.29, 0.717) is 5.92 Å². The summed E-state index contributed by atoms with van der Waals surface area (Å²) in [6, 6.07) is 10.6. The fourth-order valence-corrected chi connectivity index (χ4v) is 2.73. The Morgan fingerprint density at radius 3 is 2.79 bits per heavy atom. The largest absolute Gasteiger partial charge is 0.341 e. The van der Waals surface area contributed by atoms with Gasteiger partial charge in [-0.1, -0.05) is 37.3 Å². The Morgan fingerprint density at radius 2 is 2.11 bits per heavy atom. The van der Waals surface area contributed by atoms with E-state index in [9.17, 15) is 4.79 Å². The van der Waals surface area contributed by atoms with Gasteiger partial charge in [0.15, 0.2) is 0 Å². The van der Waals surface area contributed by atoms with Gasteiger partial charge in [0, 0.05) is 13.1 Å². The van der Waals surface area contributed by atoms with E-state index in [1.54, 1.807) is 0 Å². The Labute approximate surface area is 116 Å². The van der Waals surface area contributed by atoms with Gasteiger partial charge >= 0.3 is 0 Å². The molecule has 1 aliphatic heterocycles. The Morgan fingerprint density at radius 1 is 1.37 bits per heavy atom. The number of hydrogen-bond donors (Lipinski definition) is 1. The molecule has 0 aliphatic carbocycles. The van der Waals surface area contributed by atoms with Crippen molar-refractivity contribution in [2.45, 2.75) is 38.1 Å². The number of carbonyl (C=O) groups is 1. The lowest BCUT2D eigenvalue weighted by Gasteiger charge is -2.32. The normalized spacial score (nSPS) is 21.5. The Bertz CT molecular complexity index is 404. The van der Waals surface area contributed by atoms with Gasteiger partial charge in [-0.25, -0.2) is 0 Å². The first-order valence-electron chi connectivity index (χ1n) is 7.23. The summed E-state index contributed by atoms with van der Waals surface area (Å²) in [5, 5.41) is 3.11. The second-order valence-electron chi connectivity index (χ2n) is 5.41. The van der Waals surface area contributed by atoms with E-state index in [-0.39, 0.29) is 11.9 Å². The van der Waals surface area contributed by atoms with Gasteiger partial charge in [0.1, 0.15) is 0 Å². The average molecular weight is 260 g/mol. The van der Waals surface area contributed by atoms with Gasteiger partial charge in [-0.15, -0.1) is 0 Å². The molecule has 1 N–H and O–H groups in total. The number of piperidine rings is 1. The minimum atomic E-state index is 0.0285. The fourth-order valence-electron chi connectivity index (χ4n) is 2.73. The van der Waals surface area contributed by atoms with Gasteiger partial charge < -0.3 is 10.2 Å². The molecule has 2 unspecified atom stereocenters. The third-order valence-electron chi connectivity index (χ3n) is 4.08. The quantitative estimate of drug-likeness (QED) is 0.881. The highest BCUT2D eigenvalue weighted by Crippen LogP contribution is 2.20. The summed E-state index contributed by atoms with van der Waals surface area (Å²) < 4.78 is 0. The zero-order valence-corrected chi connectivity index (χ0v) is 11.9. The van der Waals surface area contributed by atoms with E-state index in [4.69, 9.17) is 0 Å². The van der Waals surface area contributed by atoms with Crippen LogP contribution in [-0.4, -0.2) is 37.0 Å². The van der Waals surface area contributed by atoms with Crippen LogP contribution in [0.1, 0.15) is 37.7 Å². The highest BCUT2D eigenvalue weighted by Gasteiger charge is 2.27. The fraction of sp³-hybridized carbons (Fsp3) is 0.562. The molecule has 0 aromatic heterocycles. The minimum Gasteiger partial charge on any atom is -0.341 e. The van der Waals surface area contributed by atoms with Crippen molar-refractivity contribution in [1.82, 2.24) is 10.2 Å². The van der Waals surface area contributed by atoms with Crippen molar-refractivity contribution in [1.29, 1.82) is 0 Å². The molecule has 1 aromatic carbocycles. The summed E-state index contributed by atoms with van der Waals surface area (Å²) in [7, 11) is 1.87. The topological polar surface area (TPSA) is 32.3 Å². The van der Waals surface area contributed by atoms with Crippen LogP contribution >= 0.6 is 0 Å². The molecule has 104 valence electrons. The van der Waals surface area contributed by atoms with Gasteiger partial charge in [-0.05, 0) is 37.8 Å². The van der Waals surface area contributed by atoms with Crippen LogP contribution in [0.3, 0.4) is 0 Å². The van der Waals surface area contributed by atoms with E-state index in [0.717, 1.165) is 32.4 Å². The summed E-state index contributed by atoms with van der Waals surface area (Å²) >= 11 is 0. The molecular formula is C16H24N2O. The molecule has 0 spiro atoms. The van der Waals surface area contributed by atoms with E-state index in [1.807, 2.05) is 18.0 Å². The maximum atomic E-state index is 12.2. The summed E-state index contributed by atoms with van der Waals surface area (Å²) in [6.45, 7) is 4.02. The number of benzene rings is 1. The van der Waals surface area contributed by atoms with Crippen molar-refractivity contribution in [2.75, 3.05) is 20.1 Å². The second-order valence-corrected chi connectivity index (χ2v) is 5.41. The molecule has 1 aromatic rings. The molecule has 19 heavy (non-hydrogen) atoms. The molecule has 1 fully saturated rings. The van der Waals surface area contributed by atoms with E-state index < -0.39 is 0 Å². The summed E-state index contributed by atoms with van der Waals surface area (Å²) in [5.41, 5.74) is 1.36. The maximum Gasteiger partial charge on any atom is 0.239 e. The van der Waals surface area contributed by atoms with Gasteiger partial charge in [-0.3, -0.25) is 4.79 Å². The molecule has 0 bridgehead atoms. The molecule has 2 atom stereocenters. The van der Waals surface area contributed by atoms with Crippen molar-refractivity contribution >= 4 is 5.91 Å². The SMILES string of the molecule is CNC1CCCN(CCC(C)c2ccccc2)C1=O. The lowest BCUT2D eigenvalue weighted by molar-refractivity contribution is -0.135. The third kappa shape index (κ3) is 3.57. The van der Waals surface area contributed by atoms with Crippen molar-refractivity contribution in [3.05, 3.63) is 35.9 Å². The molecule has 2 rings (SSSR count). The Hall–Kier alpha value is -1.35. The molecule has 1 heterocycles. The minimum absolute atomic E-state index is 0.0285.